The van der Waals surface area contributed by atoms with E-state index in [0.717, 1.165) is 5.56 Å². The van der Waals surface area contributed by atoms with Gasteiger partial charge in [-0.2, -0.15) is 0 Å². The summed E-state index contributed by atoms with van der Waals surface area (Å²) in [7, 11) is 3.15. The number of halogens is 1. The molecule has 2 N–H and O–H groups in total. The van der Waals surface area contributed by atoms with Crippen LogP contribution in [0.3, 0.4) is 0 Å². The first-order valence-electron chi connectivity index (χ1n) is 11.1. The zero-order valence-corrected chi connectivity index (χ0v) is 19.6. The molecule has 0 aromatic heterocycles. The van der Waals surface area contributed by atoms with E-state index < -0.39 is 5.92 Å². The van der Waals surface area contributed by atoms with Crippen molar-refractivity contribution in [1.29, 1.82) is 0 Å². The van der Waals surface area contributed by atoms with Gasteiger partial charge in [-0.05, 0) is 44.0 Å². The number of carbonyl (C=O) groups is 2. The number of hydrogen-bond acceptors (Lipinski definition) is 4. The van der Waals surface area contributed by atoms with Crippen molar-refractivity contribution in [2.75, 3.05) is 27.3 Å². The second-order valence-electron chi connectivity index (χ2n) is 8.56. The number of nitrogens with one attached hydrogen (secondary N) is 2. The van der Waals surface area contributed by atoms with Gasteiger partial charge in [-0.25, -0.2) is 9.18 Å². The fraction of sp³-hybridized carbons (Fsp3) is 0.440. The molecule has 1 fully saturated rings. The van der Waals surface area contributed by atoms with Crippen molar-refractivity contribution in [3.8, 4) is 11.5 Å². The maximum absolute atomic E-state index is 14.0. The molecule has 0 radical (unpaired) electrons. The number of urea groups is 1. The van der Waals surface area contributed by atoms with Crippen LogP contribution in [0, 0.1) is 11.7 Å². The number of likely N-dealkylation sites (tertiary alicyclic amines) is 1. The zero-order chi connectivity index (χ0) is 24.0. The van der Waals surface area contributed by atoms with E-state index >= 15 is 0 Å². The van der Waals surface area contributed by atoms with Gasteiger partial charge in [0.2, 0.25) is 5.91 Å². The highest BCUT2D eigenvalue weighted by Crippen LogP contribution is 2.36. The number of piperidine rings is 1. The first-order chi connectivity index (χ1) is 15.8. The molecular weight excluding hydrogens is 425 g/mol. The minimum Gasteiger partial charge on any atom is -0.493 e. The summed E-state index contributed by atoms with van der Waals surface area (Å²) in [4.78, 5) is 27.5. The van der Waals surface area contributed by atoms with Gasteiger partial charge in [-0.15, -0.1) is 0 Å². The summed E-state index contributed by atoms with van der Waals surface area (Å²) < 4.78 is 24.7. The Morgan fingerprint density at radius 2 is 1.82 bits per heavy atom. The molecule has 0 spiro atoms. The molecule has 2 aromatic carbocycles. The van der Waals surface area contributed by atoms with Gasteiger partial charge in [-0.3, -0.25) is 4.79 Å². The normalized spacial score (nSPS) is 18.1. The summed E-state index contributed by atoms with van der Waals surface area (Å²) >= 11 is 0. The van der Waals surface area contributed by atoms with E-state index in [4.69, 9.17) is 9.47 Å². The second kappa shape index (κ2) is 11.0. The highest BCUT2D eigenvalue weighted by molar-refractivity contribution is 5.81. The smallest absolute Gasteiger partial charge is 0.317 e. The average Bonchev–Trinajstić information content (AvgIpc) is 2.82. The topological polar surface area (TPSA) is 79.9 Å². The number of carbonyl (C=O) groups excluding carboxylic acids is 2. The molecule has 3 amide bonds. The van der Waals surface area contributed by atoms with Crippen molar-refractivity contribution in [2.24, 2.45) is 5.92 Å². The molecule has 2 aromatic rings. The van der Waals surface area contributed by atoms with Gasteiger partial charge in [0, 0.05) is 37.2 Å². The number of benzene rings is 2. The van der Waals surface area contributed by atoms with Crippen molar-refractivity contribution >= 4 is 11.9 Å². The number of hydrogen-bond donors (Lipinski definition) is 2. The predicted molar refractivity (Wildman–Crippen MR) is 124 cm³/mol. The second-order valence-corrected chi connectivity index (χ2v) is 8.56. The van der Waals surface area contributed by atoms with Crippen LogP contribution in [0.4, 0.5) is 9.18 Å². The number of methoxy groups -OCH3 is 2. The average molecular weight is 458 g/mol. The molecule has 0 aliphatic carbocycles. The molecule has 2 atom stereocenters. The maximum atomic E-state index is 14.0. The Morgan fingerprint density at radius 3 is 2.48 bits per heavy atom. The lowest BCUT2D eigenvalue weighted by Gasteiger charge is -2.38. The fourth-order valence-corrected chi connectivity index (χ4v) is 4.11. The Morgan fingerprint density at radius 1 is 1.09 bits per heavy atom. The molecule has 178 valence electrons. The summed E-state index contributed by atoms with van der Waals surface area (Å²) in [5.41, 5.74) is 1.38. The largest absolute Gasteiger partial charge is 0.493 e. The monoisotopic (exact) mass is 457 g/mol. The quantitative estimate of drug-likeness (QED) is 0.665. The van der Waals surface area contributed by atoms with Gasteiger partial charge < -0.3 is 25.0 Å². The number of ether oxygens (including phenoxy) is 2. The minimum atomic E-state index is -0.429. The molecule has 1 aliphatic heterocycles. The van der Waals surface area contributed by atoms with Gasteiger partial charge >= 0.3 is 6.03 Å². The molecule has 1 saturated heterocycles. The van der Waals surface area contributed by atoms with Crippen molar-refractivity contribution < 1.29 is 23.5 Å². The van der Waals surface area contributed by atoms with Crippen LogP contribution in [-0.2, 0) is 11.3 Å². The molecular formula is C25H32FN3O4. The maximum Gasteiger partial charge on any atom is 0.317 e. The van der Waals surface area contributed by atoms with Crippen molar-refractivity contribution in [3.63, 3.8) is 0 Å². The summed E-state index contributed by atoms with van der Waals surface area (Å²) in [5, 5.41) is 5.75. The van der Waals surface area contributed by atoms with Crippen LogP contribution in [0.1, 0.15) is 37.3 Å². The predicted octanol–water partition coefficient (Wildman–Crippen LogP) is 3.68. The Kier molecular flexibility index (Phi) is 8.14. The highest BCUT2D eigenvalue weighted by atomic mass is 19.1. The third kappa shape index (κ3) is 6.15. The molecule has 1 heterocycles. The van der Waals surface area contributed by atoms with E-state index in [1.807, 2.05) is 32.0 Å². The number of amides is 3. The molecule has 1 aliphatic rings. The third-order valence-corrected chi connectivity index (χ3v) is 5.81. The fourth-order valence-electron chi connectivity index (χ4n) is 4.11. The van der Waals surface area contributed by atoms with Gasteiger partial charge in [0.25, 0.3) is 0 Å². The Balaban J connectivity index is 1.80. The zero-order valence-electron chi connectivity index (χ0n) is 19.6. The van der Waals surface area contributed by atoms with E-state index in [-0.39, 0.29) is 36.3 Å². The lowest BCUT2D eigenvalue weighted by molar-refractivity contribution is -0.126. The van der Waals surface area contributed by atoms with Crippen LogP contribution in [0.2, 0.25) is 0 Å². The van der Waals surface area contributed by atoms with Crippen molar-refractivity contribution in [3.05, 3.63) is 59.4 Å². The van der Waals surface area contributed by atoms with Gasteiger partial charge in [0.15, 0.2) is 11.5 Å². The first-order valence-corrected chi connectivity index (χ1v) is 11.1. The molecule has 0 saturated carbocycles. The molecule has 0 unspecified atom stereocenters. The van der Waals surface area contributed by atoms with Crippen LogP contribution in [-0.4, -0.2) is 50.2 Å². The van der Waals surface area contributed by atoms with Crippen LogP contribution >= 0.6 is 0 Å². The lowest BCUT2D eigenvalue weighted by Crippen LogP contribution is -2.52. The summed E-state index contributed by atoms with van der Waals surface area (Å²) in [6, 6.07) is 11.8. The molecule has 33 heavy (non-hydrogen) atoms. The SMILES string of the molecule is COc1ccc([C@H]2C[C@H](C(=O)NCc3ccccc3F)CN(C(=O)NC(C)C)C2)cc1OC. The molecule has 7 nitrogen and oxygen atoms in total. The van der Waals surface area contributed by atoms with E-state index in [0.29, 0.717) is 36.6 Å². The Labute approximate surface area is 194 Å². The lowest BCUT2D eigenvalue weighted by atomic mass is 9.84. The number of nitrogens with zero attached hydrogens (tertiary/aromatic N) is 1. The Hall–Kier alpha value is -3.29. The Bertz CT molecular complexity index is 982. The van der Waals surface area contributed by atoms with E-state index in [2.05, 4.69) is 10.6 Å². The summed E-state index contributed by atoms with van der Waals surface area (Å²) in [6.45, 7) is 4.66. The molecule has 8 heteroatoms. The van der Waals surface area contributed by atoms with Gasteiger partial charge in [0.05, 0.1) is 20.1 Å². The molecule has 3 rings (SSSR count). The van der Waals surface area contributed by atoms with Gasteiger partial charge in [0.1, 0.15) is 5.82 Å². The van der Waals surface area contributed by atoms with Crippen LogP contribution in [0.15, 0.2) is 42.5 Å². The van der Waals surface area contributed by atoms with Crippen molar-refractivity contribution in [1.82, 2.24) is 15.5 Å². The molecule has 0 bridgehead atoms. The van der Waals surface area contributed by atoms with Crippen molar-refractivity contribution in [2.45, 2.75) is 38.8 Å². The van der Waals surface area contributed by atoms with Crippen LogP contribution in [0.25, 0.3) is 0 Å². The highest BCUT2D eigenvalue weighted by Gasteiger charge is 2.35. The van der Waals surface area contributed by atoms with Crippen LogP contribution < -0.4 is 20.1 Å². The van der Waals surface area contributed by atoms with Gasteiger partial charge in [-0.1, -0.05) is 24.3 Å². The summed E-state index contributed by atoms with van der Waals surface area (Å²) in [5.74, 6) is 0.153. The standard InChI is InChI=1S/C25H32FN3O4/c1-16(2)28-25(31)29-14-19(17-9-10-22(32-3)23(12-17)33-4)11-20(15-29)24(30)27-13-18-7-5-6-8-21(18)26/h5-10,12,16,19-20H,11,13-15H2,1-4H3,(H,27,30)(H,28,31)/t19-,20-/m0/s1. The third-order valence-electron chi connectivity index (χ3n) is 5.81. The van der Waals surface area contributed by atoms with E-state index in [1.54, 1.807) is 37.3 Å². The number of rotatable bonds is 7. The minimum absolute atomic E-state index is 0.0210. The van der Waals surface area contributed by atoms with Crippen LogP contribution in [0.5, 0.6) is 11.5 Å². The van der Waals surface area contributed by atoms with E-state index in [1.165, 1.54) is 6.07 Å². The summed E-state index contributed by atoms with van der Waals surface area (Å²) in [6.07, 6.45) is 0.560. The van der Waals surface area contributed by atoms with E-state index in [9.17, 15) is 14.0 Å². The first kappa shape index (κ1) is 24.4.